The predicted molar refractivity (Wildman–Crippen MR) is 58.8 cm³/mol. The minimum atomic E-state index is -0.444. The minimum Gasteiger partial charge on any atom is -0.383 e. The fourth-order valence-electron chi connectivity index (χ4n) is 1.97. The summed E-state index contributed by atoms with van der Waals surface area (Å²) in [5.74, 6) is 1.34. The Bertz CT molecular complexity index is 526. The lowest BCUT2D eigenvalue weighted by Gasteiger charge is -2.17. The Morgan fingerprint density at radius 1 is 1.53 bits per heavy atom. The summed E-state index contributed by atoms with van der Waals surface area (Å²) >= 11 is 0. The van der Waals surface area contributed by atoms with Crippen LogP contribution < -0.4 is 5.73 Å². The lowest BCUT2D eigenvalue weighted by atomic mass is 10.0. The molecule has 0 aliphatic carbocycles. The fraction of sp³-hybridized carbons (Fsp3) is 0.500. The molecule has 3 heterocycles. The van der Waals surface area contributed by atoms with Crippen LogP contribution in [-0.2, 0) is 10.3 Å². The van der Waals surface area contributed by atoms with Crippen molar-refractivity contribution < 1.29 is 9.26 Å². The number of nitrogens with zero attached hydrogens (tertiary/aromatic N) is 3. The second kappa shape index (κ2) is 3.56. The Hall–Kier alpha value is -1.89. The third kappa shape index (κ3) is 1.59. The first kappa shape index (κ1) is 10.3. The molecule has 7 nitrogen and oxygen atoms in total. The van der Waals surface area contributed by atoms with Crippen molar-refractivity contribution in [3.8, 4) is 11.5 Å². The van der Waals surface area contributed by atoms with Gasteiger partial charge in [-0.25, -0.2) is 0 Å². The Kier molecular flexibility index (Phi) is 2.15. The van der Waals surface area contributed by atoms with Gasteiger partial charge >= 0.3 is 0 Å². The third-order valence-corrected chi connectivity index (χ3v) is 3.02. The summed E-state index contributed by atoms with van der Waals surface area (Å²) in [6.45, 7) is 2.70. The second-order valence-electron chi connectivity index (χ2n) is 4.30. The van der Waals surface area contributed by atoms with Crippen molar-refractivity contribution in [2.45, 2.75) is 25.4 Å². The van der Waals surface area contributed by atoms with E-state index in [1.807, 2.05) is 6.92 Å². The smallest absolute Gasteiger partial charge is 0.263 e. The van der Waals surface area contributed by atoms with Crippen LogP contribution in [0.1, 0.15) is 25.6 Å². The van der Waals surface area contributed by atoms with Gasteiger partial charge in [0.05, 0.1) is 6.20 Å². The normalized spacial score (nSPS) is 24.3. The lowest BCUT2D eigenvalue weighted by Crippen LogP contribution is -2.21. The van der Waals surface area contributed by atoms with Crippen LogP contribution in [0.4, 0.5) is 5.82 Å². The molecule has 0 saturated carbocycles. The molecular formula is C10H13N5O2. The largest absolute Gasteiger partial charge is 0.383 e. The van der Waals surface area contributed by atoms with E-state index < -0.39 is 5.60 Å². The molecule has 0 bridgehead atoms. The number of rotatable bonds is 2. The number of nitrogens with one attached hydrogen (secondary N) is 1. The summed E-state index contributed by atoms with van der Waals surface area (Å²) in [5, 5.41) is 10.4. The van der Waals surface area contributed by atoms with Crippen LogP contribution in [-0.4, -0.2) is 26.9 Å². The van der Waals surface area contributed by atoms with Gasteiger partial charge in [0.1, 0.15) is 17.0 Å². The van der Waals surface area contributed by atoms with Gasteiger partial charge in [-0.3, -0.25) is 5.10 Å². The molecule has 2 aromatic rings. The lowest BCUT2D eigenvalue weighted by molar-refractivity contribution is 0.00768. The van der Waals surface area contributed by atoms with Gasteiger partial charge in [0.25, 0.3) is 5.89 Å². The van der Waals surface area contributed by atoms with E-state index in [1.165, 1.54) is 0 Å². The molecule has 1 atom stereocenters. The summed E-state index contributed by atoms with van der Waals surface area (Å²) in [6, 6.07) is 0. The number of nitrogens with two attached hydrogens (primary N) is 1. The Labute approximate surface area is 97.3 Å². The van der Waals surface area contributed by atoms with Gasteiger partial charge in [-0.15, -0.1) is 0 Å². The van der Waals surface area contributed by atoms with E-state index in [2.05, 4.69) is 20.3 Å². The number of aromatic nitrogens is 4. The number of aromatic amines is 1. The number of H-pyrrole nitrogens is 1. The third-order valence-electron chi connectivity index (χ3n) is 3.02. The molecule has 2 aromatic heterocycles. The van der Waals surface area contributed by atoms with Gasteiger partial charge in [0.15, 0.2) is 0 Å². The highest BCUT2D eigenvalue weighted by Gasteiger charge is 2.36. The summed E-state index contributed by atoms with van der Waals surface area (Å²) in [4.78, 5) is 4.32. The first-order chi connectivity index (χ1) is 8.19. The van der Waals surface area contributed by atoms with E-state index in [0.29, 0.717) is 23.1 Å². The number of hydrogen-bond donors (Lipinski definition) is 2. The zero-order chi connectivity index (χ0) is 11.9. The van der Waals surface area contributed by atoms with E-state index in [0.717, 1.165) is 19.4 Å². The monoisotopic (exact) mass is 235 g/mol. The molecule has 0 spiro atoms. The SMILES string of the molecule is CC1(c2noc(-c3cn[nH]c3N)n2)CCCO1. The van der Waals surface area contributed by atoms with Crippen LogP contribution in [0.15, 0.2) is 10.7 Å². The fourth-order valence-corrected chi connectivity index (χ4v) is 1.97. The zero-order valence-corrected chi connectivity index (χ0v) is 9.43. The molecule has 0 amide bonds. The van der Waals surface area contributed by atoms with Gasteiger partial charge in [-0.1, -0.05) is 5.16 Å². The first-order valence-electron chi connectivity index (χ1n) is 5.46. The van der Waals surface area contributed by atoms with E-state index in [1.54, 1.807) is 6.20 Å². The molecule has 0 aromatic carbocycles. The second-order valence-corrected chi connectivity index (χ2v) is 4.30. The highest BCUT2D eigenvalue weighted by Crippen LogP contribution is 2.35. The molecule has 1 fully saturated rings. The van der Waals surface area contributed by atoms with Crippen LogP contribution in [0.25, 0.3) is 11.5 Å². The van der Waals surface area contributed by atoms with Crippen LogP contribution in [0.3, 0.4) is 0 Å². The van der Waals surface area contributed by atoms with Gasteiger partial charge < -0.3 is 15.0 Å². The maximum atomic E-state index is 5.69. The summed E-state index contributed by atoms with van der Waals surface area (Å²) in [7, 11) is 0. The van der Waals surface area contributed by atoms with Crippen LogP contribution in [0, 0.1) is 0 Å². The van der Waals surface area contributed by atoms with E-state index >= 15 is 0 Å². The summed E-state index contributed by atoms with van der Waals surface area (Å²) < 4.78 is 10.8. The summed E-state index contributed by atoms with van der Waals surface area (Å²) in [6.07, 6.45) is 3.46. The first-order valence-corrected chi connectivity index (χ1v) is 5.46. The number of hydrogen-bond acceptors (Lipinski definition) is 6. The molecule has 0 radical (unpaired) electrons. The quantitative estimate of drug-likeness (QED) is 0.806. The highest BCUT2D eigenvalue weighted by molar-refractivity contribution is 5.65. The van der Waals surface area contributed by atoms with E-state index in [-0.39, 0.29) is 0 Å². The maximum Gasteiger partial charge on any atom is 0.263 e. The Morgan fingerprint density at radius 3 is 3.06 bits per heavy atom. The summed E-state index contributed by atoms with van der Waals surface area (Å²) in [5.41, 5.74) is 5.86. The van der Waals surface area contributed by atoms with Crippen molar-refractivity contribution in [2.75, 3.05) is 12.3 Å². The number of ether oxygens (including phenoxy) is 1. The van der Waals surface area contributed by atoms with Crippen LogP contribution >= 0.6 is 0 Å². The predicted octanol–water partition coefficient (Wildman–Crippen LogP) is 1.07. The Balaban J connectivity index is 1.96. The topological polar surface area (TPSA) is 103 Å². The van der Waals surface area contributed by atoms with Gasteiger partial charge in [-0.05, 0) is 19.8 Å². The number of nitrogen functional groups attached to an aromatic ring is 1. The van der Waals surface area contributed by atoms with Crippen molar-refractivity contribution in [3.05, 3.63) is 12.0 Å². The van der Waals surface area contributed by atoms with Crippen molar-refractivity contribution >= 4 is 5.82 Å². The molecular weight excluding hydrogens is 222 g/mol. The standard InChI is InChI=1S/C10H13N5O2/c1-10(3-2-4-16-10)9-13-8(17-15-9)6-5-12-14-7(6)11/h5H,2-4H2,1H3,(H3,11,12,14). The van der Waals surface area contributed by atoms with Crippen molar-refractivity contribution in [1.82, 2.24) is 20.3 Å². The molecule has 3 N–H and O–H groups in total. The van der Waals surface area contributed by atoms with Gasteiger partial charge in [0.2, 0.25) is 5.82 Å². The maximum absolute atomic E-state index is 5.69. The highest BCUT2D eigenvalue weighted by atomic mass is 16.5. The van der Waals surface area contributed by atoms with Gasteiger partial charge in [-0.2, -0.15) is 10.1 Å². The van der Waals surface area contributed by atoms with Crippen molar-refractivity contribution in [1.29, 1.82) is 0 Å². The number of anilines is 1. The van der Waals surface area contributed by atoms with E-state index in [9.17, 15) is 0 Å². The average Bonchev–Trinajstić information content (AvgIpc) is 2.97. The molecule has 1 saturated heterocycles. The van der Waals surface area contributed by atoms with Crippen molar-refractivity contribution in [2.24, 2.45) is 0 Å². The minimum absolute atomic E-state index is 0.364. The van der Waals surface area contributed by atoms with Crippen LogP contribution in [0.5, 0.6) is 0 Å². The molecule has 90 valence electrons. The molecule has 17 heavy (non-hydrogen) atoms. The zero-order valence-electron chi connectivity index (χ0n) is 9.43. The molecule has 1 aliphatic rings. The molecule has 1 unspecified atom stereocenters. The van der Waals surface area contributed by atoms with E-state index in [4.69, 9.17) is 15.0 Å². The molecule has 1 aliphatic heterocycles. The van der Waals surface area contributed by atoms with Crippen molar-refractivity contribution in [3.63, 3.8) is 0 Å². The Morgan fingerprint density at radius 2 is 2.41 bits per heavy atom. The average molecular weight is 235 g/mol. The van der Waals surface area contributed by atoms with Crippen LogP contribution in [0.2, 0.25) is 0 Å². The molecule has 3 rings (SSSR count). The molecule has 7 heteroatoms. The van der Waals surface area contributed by atoms with Gasteiger partial charge in [0, 0.05) is 6.61 Å².